The van der Waals surface area contributed by atoms with E-state index in [1.165, 1.54) is 36.1 Å². The van der Waals surface area contributed by atoms with Crippen molar-refractivity contribution in [3.05, 3.63) is 112 Å². The van der Waals surface area contributed by atoms with Crippen molar-refractivity contribution in [2.75, 3.05) is 0 Å². The van der Waals surface area contributed by atoms with E-state index in [1.54, 1.807) is 60.7 Å². The number of esters is 1. The molecule has 1 amide bonds. The molecule has 10 heteroatoms. The van der Waals surface area contributed by atoms with E-state index >= 15 is 4.57 Å². The quantitative estimate of drug-likeness (QED) is 0.155. The Labute approximate surface area is 218 Å². The number of carbonyl (C=O) groups excluding carboxylic acids is 2. The summed E-state index contributed by atoms with van der Waals surface area (Å²) in [7, 11) is -3.58. The number of aliphatic hydroxyl groups is 1. The smallest absolute Gasteiger partial charge is 0.355 e. The molecule has 1 fully saturated rings. The number of nitro benzene ring substituents is 1. The van der Waals surface area contributed by atoms with Crippen molar-refractivity contribution in [3.8, 4) is 0 Å². The van der Waals surface area contributed by atoms with Gasteiger partial charge in [0.05, 0.1) is 23.0 Å². The summed E-state index contributed by atoms with van der Waals surface area (Å²) >= 11 is 0. The number of benzene rings is 3. The highest BCUT2D eigenvalue weighted by atomic mass is 31.2. The largest absolute Gasteiger partial charge is 0.456 e. The molecular weight excluding hydrogens is 507 g/mol. The van der Waals surface area contributed by atoms with E-state index in [0.717, 1.165) is 0 Å². The zero-order valence-electron chi connectivity index (χ0n) is 20.5. The maximum atomic E-state index is 15.1. The summed E-state index contributed by atoms with van der Waals surface area (Å²) in [5, 5.41) is 22.5. The lowest BCUT2D eigenvalue weighted by atomic mass is 9.83. The number of ether oxygens (including phenoxy) is 1. The van der Waals surface area contributed by atoms with Crippen LogP contribution in [0.4, 0.5) is 5.69 Å². The van der Waals surface area contributed by atoms with Crippen molar-refractivity contribution in [1.29, 1.82) is 0 Å². The van der Waals surface area contributed by atoms with E-state index in [-0.39, 0.29) is 24.4 Å². The molecule has 9 nitrogen and oxygen atoms in total. The fourth-order valence-electron chi connectivity index (χ4n) is 5.18. The summed E-state index contributed by atoms with van der Waals surface area (Å²) in [4.78, 5) is 38.4. The Morgan fingerprint density at radius 3 is 2.11 bits per heavy atom. The lowest BCUT2D eigenvalue weighted by Crippen LogP contribution is -2.61. The van der Waals surface area contributed by atoms with E-state index in [2.05, 4.69) is 0 Å². The monoisotopic (exact) mass is 532 g/mol. The van der Waals surface area contributed by atoms with Gasteiger partial charge in [0.15, 0.2) is 7.14 Å². The van der Waals surface area contributed by atoms with Crippen LogP contribution in [0.25, 0.3) is 0 Å². The van der Waals surface area contributed by atoms with Gasteiger partial charge in [-0.25, -0.2) is 4.79 Å². The first-order chi connectivity index (χ1) is 18.2. The molecule has 1 saturated heterocycles. The molecule has 194 valence electrons. The predicted molar refractivity (Wildman–Crippen MR) is 140 cm³/mol. The average Bonchev–Trinajstić information content (AvgIpc) is 3.27. The Hall–Kier alpha value is -4.07. The number of hydrogen-bond donors (Lipinski definition) is 1. The highest BCUT2D eigenvalue weighted by Crippen LogP contribution is 2.61. The van der Waals surface area contributed by atoms with Crippen LogP contribution in [0.5, 0.6) is 0 Å². The highest BCUT2D eigenvalue weighted by molar-refractivity contribution is 7.82. The minimum atomic E-state index is -3.58. The number of rotatable bonds is 8. The SMILES string of the molecule is C[C@@H](O)C1C(=O)N2C(C(=O)OCc3ccc([N+](=O)[O-])cc3)=C(P(=O)(c3ccccc3)c3ccccc3)CC12. The number of aliphatic hydroxyl groups excluding tert-OH is 1. The van der Waals surface area contributed by atoms with Crippen LogP contribution >= 0.6 is 7.14 Å². The maximum Gasteiger partial charge on any atom is 0.355 e. The van der Waals surface area contributed by atoms with Crippen molar-refractivity contribution in [1.82, 2.24) is 4.90 Å². The first-order valence-corrected chi connectivity index (χ1v) is 13.8. The molecule has 0 saturated carbocycles. The second kappa shape index (κ2) is 10.0. The molecule has 0 radical (unpaired) electrons. The Morgan fingerprint density at radius 1 is 1.05 bits per heavy atom. The normalized spacial score (nSPS) is 19.5. The Balaban J connectivity index is 1.57. The van der Waals surface area contributed by atoms with Crippen LogP contribution < -0.4 is 10.6 Å². The molecule has 2 unspecified atom stereocenters. The molecule has 5 rings (SSSR count). The first-order valence-electron chi connectivity index (χ1n) is 12.1. The van der Waals surface area contributed by atoms with Crippen LogP contribution in [0.15, 0.2) is 95.9 Å². The molecule has 0 spiro atoms. The highest BCUT2D eigenvalue weighted by Gasteiger charge is 2.59. The van der Waals surface area contributed by atoms with Gasteiger partial charge >= 0.3 is 5.97 Å². The fraction of sp³-hybridized carbons (Fsp3) is 0.214. The fourth-order valence-corrected chi connectivity index (χ4v) is 8.23. The Morgan fingerprint density at radius 2 is 1.61 bits per heavy atom. The summed E-state index contributed by atoms with van der Waals surface area (Å²) in [6.45, 7) is 1.33. The molecule has 2 heterocycles. The van der Waals surface area contributed by atoms with Crippen molar-refractivity contribution in [2.24, 2.45) is 5.92 Å². The molecule has 2 aliphatic rings. The summed E-state index contributed by atoms with van der Waals surface area (Å²) in [5.74, 6) is -1.95. The van der Waals surface area contributed by atoms with Gasteiger partial charge in [-0.15, -0.1) is 0 Å². The van der Waals surface area contributed by atoms with Crippen molar-refractivity contribution in [2.45, 2.75) is 32.1 Å². The second-order valence-electron chi connectivity index (χ2n) is 9.32. The minimum absolute atomic E-state index is 0.0603. The maximum absolute atomic E-state index is 15.1. The van der Waals surface area contributed by atoms with Gasteiger partial charge in [-0.3, -0.25) is 14.9 Å². The third kappa shape index (κ3) is 4.23. The predicted octanol–water partition coefficient (Wildman–Crippen LogP) is 3.48. The zero-order valence-corrected chi connectivity index (χ0v) is 21.4. The molecule has 3 atom stereocenters. The summed E-state index contributed by atoms with van der Waals surface area (Å²) in [6.07, 6.45) is -0.780. The lowest BCUT2D eigenvalue weighted by molar-refractivity contribution is -0.384. The van der Waals surface area contributed by atoms with Crippen LogP contribution in [0.1, 0.15) is 18.9 Å². The zero-order chi connectivity index (χ0) is 27.0. The van der Waals surface area contributed by atoms with Crippen molar-refractivity contribution < 1.29 is 28.9 Å². The van der Waals surface area contributed by atoms with Crippen molar-refractivity contribution >= 4 is 35.3 Å². The van der Waals surface area contributed by atoms with Gasteiger partial charge in [-0.05, 0) is 24.6 Å². The molecule has 38 heavy (non-hydrogen) atoms. The number of nitrogens with zero attached hydrogens (tertiary/aromatic N) is 2. The number of nitro groups is 1. The van der Waals surface area contributed by atoms with E-state index in [9.17, 15) is 24.8 Å². The third-order valence-corrected chi connectivity index (χ3v) is 10.2. The molecule has 0 aromatic heterocycles. The van der Waals surface area contributed by atoms with Gasteiger partial charge in [-0.2, -0.15) is 0 Å². The molecule has 1 N–H and O–H groups in total. The summed E-state index contributed by atoms with van der Waals surface area (Å²) in [6, 6.07) is 22.7. The van der Waals surface area contributed by atoms with Crippen LogP contribution in [0.3, 0.4) is 0 Å². The van der Waals surface area contributed by atoms with Gasteiger partial charge in [0.25, 0.3) is 5.69 Å². The standard InChI is InChI=1S/C28H25N2O7P/c1-18(31)25-23-16-24(38(36,21-8-4-2-5-9-21)22-10-6-3-7-11-22)26(29(23)27(25)32)28(33)37-17-19-12-14-20(15-13-19)30(34)35/h2-15,18,23,25,31H,16-17H2,1H3/t18-,23?,25?/m1/s1. The first kappa shape index (κ1) is 25.6. The Kier molecular flexibility index (Phi) is 6.73. The van der Waals surface area contributed by atoms with Crippen LogP contribution in [0, 0.1) is 16.0 Å². The van der Waals surface area contributed by atoms with Gasteiger partial charge < -0.3 is 19.3 Å². The van der Waals surface area contributed by atoms with Crippen LogP contribution in [0.2, 0.25) is 0 Å². The van der Waals surface area contributed by atoms with Crippen molar-refractivity contribution in [3.63, 3.8) is 0 Å². The molecular formula is C28H25N2O7P. The van der Waals surface area contributed by atoms with Gasteiger partial charge in [0.1, 0.15) is 12.3 Å². The van der Waals surface area contributed by atoms with E-state index < -0.39 is 42.0 Å². The molecule has 3 aromatic rings. The summed E-state index contributed by atoms with van der Waals surface area (Å²) < 4.78 is 20.6. The number of carbonyl (C=O) groups is 2. The average molecular weight is 532 g/mol. The number of β-lactam (4-membered cyclic amide) rings is 1. The molecule has 2 aliphatic heterocycles. The van der Waals surface area contributed by atoms with E-state index in [1.807, 2.05) is 0 Å². The lowest BCUT2D eigenvalue weighted by Gasteiger charge is -2.44. The summed E-state index contributed by atoms with van der Waals surface area (Å²) in [5.41, 5.74) is 0.368. The number of amides is 1. The number of non-ortho nitro benzene ring substituents is 1. The third-order valence-electron chi connectivity index (χ3n) is 7.04. The van der Waals surface area contributed by atoms with Gasteiger partial charge in [-0.1, -0.05) is 60.7 Å². The van der Waals surface area contributed by atoms with Crippen LogP contribution in [-0.4, -0.2) is 39.0 Å². The Bertz CT molecular complexity index is 1430. The molecule has 3 aromatic carbocycles. The molecule has 0 aliphatic carbocycles. The second-order valence-corrected chi connectivity index (χ2v) is 12.1. The topological polar surface area (TPSA) is 127 Å². The van der Waals surface area contributed by atoms with Crippen LogP contribution in [-0.2, 0) is 25.5 Å². The van der Waals surface area contributed by atoms with Gasteiger partial charge in [0, 0.05) is 34.5 Å². The van der Waals surface area contributed by atoms with Gasteiger partial charge in [0.2, 0.25) is 5.91 Å². The number of fused-ring (bicyclic) bond motifs is 1. The number of hydrogen-bond acceptors (Lipinski definition) is 7. The molecule has 0 bridgehead atoms. The minimum Gasteiger partial charge on any atom is -0.456 e. The van der Waals surface area contributed by atoms with E-state index in [0.29, 0.717) is 21.5 Å². The van der Waals surface area contributed by atoms with E-state index in [4.69, 9.17) is 4.74 Å².